The largest absolute Gasteiger partial charge is 0.493 e. The summed E-state index contributed by atoms with van der Waals surface area (Å²) in [6.07, 6.45) is 1.65. The van der Waals surface area contributed by atoms with E-state index in [-0.39, 0.29) is 35.2 Å². The van der Waals surface area contributed by atoms with Gasteiger partial charge in [0.1, 0.15) is 11.5 Å². The summed E-state index contributed by atoms with van der Waals surface area (Å²) < 4.78 is 24.2. The third-order valence-corrected chi connectivity index (χ3v) is 7.77. The molecule has 0 radical (unpaired) electrons. The van der Waals surface area contributed by atoms with Gasteiger partial charge in [0, 0.05) is 23.6 Å². The van der Waals surface area contributed by atoms with E-state index < -0.39 is 18.0 Å². The first kappa shape index (κ1) is 30.1. The number of aromatic nitrogens is 1. The number of hydrogen-bond donors (Lipinski definition) is 0. The summed E-state index contributed by atoms with van der Waals surface area (Å²) >= 11 is 7.32. The second-order valence-electron chi connectivity index (χ2n) is 10.3. The Morgan fingerprint density at radius 2 is 1.93 bits per heavy atom. The fourth-order valence-corrected chi connectivity index (χ4v) is 5.89. The molecular weight excluding hydrogens is 592 g/mol. The number of hydrogen-bond acceptors (Lipinski definition) is 9. The van der Waals surface area contributed by atoms with Crippen molar-refractivity contribution in [2.24, 2.45) is 10.9 Å². The summed E-state index contributed by atoms with van der Waals surface area (Å²) in [5.74, 6) is 0.575. The smallest absolute Gasteiger partial charge is 0.338 e. The number of benzene rings is 2. The van der Waals surface area contributed by atoms with Crippen molar-refractivity contribution in [3.63, 3.8) is 0 Å². The van der Waals surface area contributed by atoms with Crippen molar-refractivity contribution < 1.29 is 28.2 Å². The topological polar surface area (TPSA) is 109 Å². The van der Waals surface area contributed by atoms with Crippen LogP contribution in [0.25, 0.3) is 17.4 Å². The first-order chi connectivity index (χ1) is 20.5. The summed E-state index contributed by atoms with van der Waals surface area (Å²) in [6, 6.07) is 14.9. The van der Waals surface area contributed by atoms with Gasteiger partial charge in [-0.1, -0.05) is 55.0 Å². The van der Waals surface area contributed by atoms with E-state index in [0.717, 1.165) is 5.56 Å². The number of nitrogens with zero attached hydrogens (tertiary/aromatic N) is 2. The average molecular weight is 621 g/mol. The maximum Gasteiger partial charge on any atom is 0.338 e. The number of allylic oxidation sites excluding steroid dienone is 1. The molecule has 1 aliphatic rings. The van der Waals surface area contributed by atoms with Gasteiger partial charge in [0.15, 0.2) is 16.3 Å². The minimum Gasteiger partial charge on any atom is -0.493 e. The van der Waals surface area contributed by atoms with Gasteiger partial charge < -0.3 is 18.6 Å². The second-order valence-corrected chi connectivity index (χ2v) is 11.7. The third kappa shape index (κ3) is 6.35. The lowest BCUT2D eigenvalue weighted by molar-refractivity contribution is -0.140. The lowest BCUT2D eigenvalue weighted by Crippen LogP contribution is -2.40. The number of thiazole rings is 1. The molecule has 222 valence electrons. The Kier molecular flexibility index (Phi) is 8.70. The molecule has 0 amide bonds. The second kappa shape index (κ2) is 12.4. The van der Waals surface area contributed by atoms with E-state index >= 15 is 0 Å². The lowest BCUT2D eigenvalue weighted by Gasteiger charge is -2.25. The van der Waals surface area contributed by atoms with E-state index in [4.69, 9.17) is 30.2 Å². The molecule has 1 atom stereocenters. The van der Waals surface area contributed by atoms with Gasteiger partial charge in [0.05, 0.1) is 35.6 Å². The molecular formula is C32H29ClN2O7S. The highest BCUT2D eigenvalue weighted by Gasteiger charge is 2.34. The molecule has 1 unspecified atom stereocenters. The number of rotatable bonds is 8. The molecule has 4 aromatic rings. The Bertz CT molecular complexity index is 1930. The first-order valence-electron chi connectivity index (χ1n) is 13.5. The van der Waals surface area contributed by atoms with E-state index in [9.17, 15) is 14.4 Å². The fraction of sp³-hybridized carbons (Fsp3) is 0.250. The monoisotopic (exact) mass is 620 g/mol. The summed E-state index contributed by atoms with van der Waals surface area (Å²) in [4.78, 5) is 44.1. The minimum absolute atomic E-state index is 0.109. The molecule has 0 N–H and O–H groups in total. The molecule has 0 saturated carbocycles. The molecule has 0 bridgehead atoms. The Balaban J connectivity index is 1.64. The number of carbonyl (C=O) groups excluding carboxylic acids is 2. The van der Waals surface area contributed by atoms with Crippen molar-refractivity contribution in [3.05, 3.63) is 102 Å². The van der Waals surface area contributed by atoms with Crippen LogP contribution in [-0.4, -0.2) is 30.2 Å². The first-order valence-corrected chi connectivity index (χ1v) is 14.7. The Labute approximate surface area is 256 Å². The van der Waals surface area contributed by atoms with Crippen molar-refractivity contribution in [1.29, 1.82) is 0 Å². The molecule has 2 aromatic heterocycles. The van der Waals surface area contributed by atoms with Gasteiger partial charge in [-0.2, -0.15) is 0 Å². The van der Waals surface area contributed by atoms with Crippen molar-refractivity contribution >= 4 is 41.0 Å². The van der Waals surface area contributed by atoms with Crippen LogP contribution in [-0.2, 0) is 14.3 Å². The third-order valence-electron chi connectivity index (χ3n) is 6.56. The summed E-state index contributed by atoms with van der Waals surface area (Å²) in [5, 5.41) is 0.583. The predicted octanol–water partition coefficient (Wildman–Crippen LogP) is 5.28. The minimum atomic E-state index is -0.878. The maximum absolute atomic E-state index is 14.0. The number of carbonyl (C=O) groups is 2. The Morgan fingerprint density at radius 1 is 1.14 bits per heavy atom. The molecule has 2 aromatic carbocycles. The quantitative estimate of drug-likeness (QED) is 0.195. The van der Waals surface area contributed by atoms with Gasteiger partial charge in [-0.05, 0) is 54.8 Å². The van der Waals surface area contributed by atoms with Gasteiger partial charge in [0.25, 0.3) is 5.56 Å². The van der Waals surface area contributed by atoms with Gasteiger partial charge in [0.2, 0.25) is 0 Å². The van der Waals surface area contributed by atoms with E-state index in [0.29, 0.717) is 37.1 Å². The highest BCUT2D eigenvalue weighted by Crippen LogP contribution is 2.36. The molecule has 5 rings (SSSR count). The van der Waals surface area contributed by atoms with E-state index in [2.05, 4.69) is 4.99 Å². The summed E-state index contributed by atoms with van der Waals surface area (Å²) in [7, 11) is 1.44. The van der Waals surface area contributed by atoms with Crippen LogP contribution in [0.5, 0.6) is 11.5 Å². The molecule has 3 heterocycles. The molecule has 1 aliphatic heterocycles. The maximum atomic E-state index is 14.0. The van der Waals surface area contributed by atoms with E-state index in [1.165, 1.54) is 29.9 Å². The fourth-order valence-electron chi connectivity index (χ4n) is 4.67. The predicted molar refractivity (Wildman–Crippen MR) is 163 cm³/mol. The van der Waals surface area contributed by atoms with Crippen LogP contribution in [0, 0.1) is 5.92 Å². The molecule has 0 saturated heterocycles. The van der Waals surface area contributed by atoms with Gasteiger partial charge in [-0.25, -0.2) is 9.79 Å². The Morgan fingerprint density at radius 3 is 2.63 bits per heavy atom. The zero-order valence-corrected chi connectivity index (χ0v) is 25.7. The van der Waals surface area contributed by atoms with Crippen LogP contribution in [0.15, 0.2) is 80.1 Å². The van der Waals surface area contributed by atoms with Gasteiger partial charge >= 0.3 is 11.9 Å². The number of methoxy groups -OCH3 is 1. The molecule has 11 heteroatoms. The van der Waals surface area contributed by atoms with Gasteiger partial charge in [-0.15, -0.1) is 0 Å². The highest BCUT2D eigenvalue weighted by atomic mass is 35.5. The normalized spacial score (nSPS) is 14.9. The lowest BCUT2D eigenvalue weighted by atomic mass is 9.95. The van der Waals surface area contributed by atoms with Crippen LogP contribution in [0.1, 0.15) is 45.1 Å². The Hall–Kier alpha value is -4.41. The number of furan rings is 1. The summed E-state index contributed by atoms with van der Waals surface area (Å²) in [5.41, 5.74) is 1.64. The van der Waals surface area contributed by atoms with Crippen LogP contribution >= 0.6 is 22.9 Å². The highest BCUT2D eigenvalue weighted by molar-refractivity contribution is 7.07. The number of esters is 2. The molecule has 0 aliphatic carbocycles. The molecule has 43 heavy (non-hydrogen) atoms. The zero-order valence-electron chi connectivity index (χ0n) is 24.2. The van der Waals surface area contributed by atoms with E-state index in [1.807, 2.05) is 26.0 Å². The van der Waals surface area contributed by atoms with Crippen LogP contribution < -0.4 is 24.4 Å². The average Bonchev–Trinajstić information content (AvgIpc) is 3.55. The number of ether oxygens (including phenoxy) is 3. The van der Waals surface area contributed by atoms with Crippen molar-refractivity contribution in [2.75, 3.05) is 13.7 Å². The molecule has 9 nitrogen and oxygen atoms in total. The standard InChI is InChI=1S/C32H29ClN2O7S/c1-17(2)16-40-31(38)28-18(3)34-32-35(29(28)21-9-11-25(41-19(4)36)26(14-21)39-5)30(37)27(43-32)15-23-10-12-24(42-23)20-7-6-8-22(33)13-20/h6-15,17,29H,16H2,1-5H3/b27-15+. The van der Waals surface area contributed by atoms with Crippen LogP contribution in [0.4, 0.5) is 0 Å². The van der Waals surface area contributed by atoms with Gasteiger partial charge in [-0.3, -0.25) is 14.2 Å². The number of halogens is 1. The van der Waals surface area contributed by atoms with Crippen LogP contribution in [0.2, 0.25) is 5.02 Å². The number of fused-ring (bicyclic) bond motifs is 1. The zero-order chi connectivity index (χ0) is 30.8. The van der Waals surface area contributed by atoms with Crippen LogP contribution in [0.3, 0.4) is 0 Å². The van der Waals surface area contributed by atoms with Crippen molar-refractivity contribution in [3.8, 4) is 22.8 Å². The van der Waals surface area contributed by atoms with Crippen molar-refractivity contribution in [2.45, 2.75) is 33.7 Å². The molecule has 0 fully saturated rings. The molecule has 0 spiro atoms. The SMILES string of the molecule is COc1cc(C2C(C(=O)OCC(C)C)=C(C)N=c3s/c(=C/c4ccc(-c5cccc(Cl)c5)o4)c(=O)n32)ccc1OC(C)=O. The van der Waals surface area contributed by atoms with Crippen molar-refractivity contribution in [1.82, 2.24) is 4.57 Å². The summed E-state index contributed by atoms with van der Waals surface area (Å²) in [6.45, 7) is 7.08. The van der Waals surface area contributed by atoms with E-state index in [1.54, 1.807) is 55.5 Å².